The minimum absolute atomic E-state index is 0.0544. The molecule has 0 aromatic heterocycles. The summed E-state index contributed by atoms with van der Waals surface area (Å²) in [6.45, 7) is 1.46. The van der Waals surface area contributed by atoms with Crippen molar-refractivity contribution in [3.63, 3.8) is 0 Å². The third-order valence-electron chi connectivity index (χ3n) is 5.00. The highest BCUT2D eigenvalue weighted by molar-refractivity contribution is 8.01. The van der Waals surface area contributed by atoms with E-state index < -0.39 is 24.4 Å². The lowest BCUT2D eigenvalue weighted by Crippen LogP contribution is -2.46. The molecule has 3 heterocycles. The predicted octanol–water partition coefficient (Wildman–Crippen LogP) is 1.20. The van der Waals surface area contributed by atoms with Gasteiger partial charge in [0.05, 0.1) is 10.6 Å². The van der Waals surface area contributed by atoms with Gasteiger partial charge in [-0.25, -0.2) is 4.79 Å². The highest BCUT2D eigenvalue weighted by Gasteiger charge is 2.53. The van der Waals surface area contributed by atoms with Gasteiger partial charge in [-0.05, 0) is 31.5 Å². The van der Waals surface area contributed by atoms with Crippen molar-refractivity contribution in [1.82, 2.24) is 4.90 Å². The van der Waals surface area contributed by atoms with Crippen molar-refractivity contribution in [2.24, 2.45) is 0 Å². The Kier molecular flexibility index (Phi) is 4.33. The molecular formula is C18H18N2O6S. The molecule has 3 aliphatic heterocycles. The predicted molar refractivity (Wildman–Crippen MR) is 96.6 cm³/mol. The first-order valence-corrected chi connectivity index (χ1v) is 9.59. The molecule has 2 atom stereocenters. The van der Waals surface area contributed by atoms with Crippen LogP contribution in [0.4, 0.5) is 5.69 Å². The third-order valence-corrected chi connectivity index (χ3v) is 6.50. The molecule has 0 spiro atoms. The molecule has 1 aromatic rings. The van der Waals surface area contributed by atoms with Gasteiger partial charge in [-0.15, -0.1) is 11.8 Å². The molecule has 1 aromatic carbocycles. The quantitative estimate of drug-likeness (QED) is 0.609. The number of carbonyl (C=O) groups excluding carboxylic acids is 4. The molecular weight excluding hydrogens is 372 g/mol. The molecule has 0 saturated carbocycles. The fourth-order valence-corrected chi connectivity index (χ4v) is 4.98. The zero-order chi connectivity index (χ0) is 19.2. The van der Waals surface area contributed by atoms with Gasteiger partial charge in [0.15, 0.2) is 19.0 Å². The second-order valence-electron chi connectivity index (χ2n) is 6.84. The van der Waals surface area contributed by atoms with Crippen molar-refractivity contribution in [3.8, 4) is 5.75 Å². The second-order valence-corrected chi connectivity index (χ2v) is 8.35. The molecule has 142 valence electrons. The highest BCUT2D eigenvalue weighted by atomic mass is 32.2. The Morgan fingerprint density at radius 3 is 3.04 bits per heavy atom. The lowest BCUT2D eigenvalue weighted by molar-refractivity contribution is -0.152. The van der Waals surface area contributed by atoms with Gasteiger partial charge >= 0.3 is 5.97 Å². The zero-order valence-electron chi connectivity index (χ0n) is 14.6. The molecule has 8 nitrogen and oxygen atoms in total. The number of hydrogen-bond acceptors (Lipinski definition) is 7. The summed E-state index contributed by atoms with van der Waals surface area (Å²) in [6.07, 6.45) is 1.14. The lowest BCUT2D eigenvalue weighted by atomic mass is 10.1. The number of nitrogens with one attached hydrogen (secondary N) is 1. The molecule has 27 heavy (non-hydrogen) atoms. The largest absolute Gasteiger partial charge is 0.482 e. The Morgan fingerprint density at radius 1 is 1.41 bits per heavy atom. The van der Waals surface area contributed by atoms with Gasteiger partial charge in [0.1, 0.15) is 11.8 Å². The number of anilines is 1. The smallest absolute Gasteiger partial charge is 0.330 e. The van der Waals surface area contributed by atoms with Crippen molar-refractivity contribution in [1.29, 1.82) is 0 Å². The van der Waals surface area contributed by atoms with Gasteiger partial charge in [0.2, 0.25) is 5.91 Å². The summed E-state index contributed by atoms with van der Waals surface area (Å²) in [5.41, 5.74) is 0.712. The number of amides is 2. The number of nitrogens with zero attached hydrogens (tertiary/aromatic N) is 1. The topological polar surface area (TPSA) is 102 Å². The second kappa shape index (κ2) is 6.56. The number of benzene rings is 1. The summed E-state index contributed by atoms with van der Waals surface area (Å²) in [6, 6.07) is 3.98. The van der Waals surface area contributed by atoms with Gasteiger partial charge in [0, 0.05) is 17.7 Å². The number of esters is 1. The Balaban J connectivity index is 1.40. The fourth-order valence-electron chi connectivity index (χ4n) is 3.57. The maximum Gasteiger partial charge on any atom is 0.330 e. The lowest BCUT2D eigenvalue weighted by Gasteiger charge is -2.29. The van der Waals surface area contributed by atoms with Crippen LogP contribution in [0.3, 0.4) is 0 Å². The summed E-state index contributed by atoms with van der Waals surface area (Å²) in [5, 5.41) is 2.63. The van der Waals surface area contributed by atoms with Gasteiger partial charge in [-0.2, -0.15) is 0 Å². The number of rotatable bonds is 4. The molecule has 0 aliphatic carbocycles. The number of ether oxygens (including phenoxy) is 2. The van der Waals surface area contributed by atoms with E-state index in [0.717, 1.165) is 0 Å². The van der Waals surface area contributed by atoms with Crippen molar-refractivity contribution in [2.75, 3.05) is 24.3 Å². The van der Waals surface area contributed by atoms with Crippen LogP contribution in [0.15, 0.2) is 18.2 Å². The van der Waals surface area contributed by atoms with Gasteiger partial charge in [0.25, 0.3) is 5.91 Å². The minimum atomic E-state index is -0.654. The molecule has 9 heteroatoms. The Hall–Kier alpha value is -2.55. The third kappa shape index (κ3) is 3.16. The van der Waals surface area contributed by atoms with Crippen LogP contribution in [-0.2, 0) is 19.1 Å². The van der Waals surface area contributed by atoms with Crippen LogP contribution in [-0.4, -0.2) is 58.3 Å². The van der Waals surface area contributed by atoms with E-state index in [4.69, 9.17) is 9.47 Å². The molecule has 0 unspecified atom stereocenters. The van der Waals surface area contributed by atoms with Crippen molar-refractivity contribution < 1.29 is 28.7 Å². The molecule has 0 radical (unpaired) electrons. The molecule has 0 bridgehead atoms. The summed E-state index contributed by atoms with van der Waals surface area (Å²) >= 11 is 1.57. The van der Waals surface area contributed by atoms with Crippen LogP contribution >= 0.6 is 11.8 Å². The first kappa shape index (κ1) is 17.8. The first-order valence-electron chi connectivity index (χ1n) is 8.60. The van der Waals surface area contributed by atoms with Crippen LogP contribution in [0.2, 0.25) is 0 Å². The van der Waals surface area contributed by atoms with E-state index in [-0.39, 0.29) is 23.3 Å². The molecule has 3 aliphatic rings. The number of ketones is 1. The normalized spacial score (nSPS) is 26.1. The minimum Gasteiger partial charge on any atom is -0.482 e. The van der Waals surface area contributed by atoms with Crippen molar-refractivity contribution in [2.45, 2.75) is 30.7 Å². The standard InChI is InChI=1S/C18H18N2O6S/c1-18-5-4-16(23)20(18)12(9-27-18)17(24)26-7-13(21)10-2-3-14-11(6-10)19-15(22)8-25-14/h2-3,6,12H,4-5,7-9H2,1H3,(H,19,22)/t12-,18-/m0/s1. The molecule has 2 fully saturated rings. The summed E-state index contributed by atoms with van der Waals surface area (Å²) in [7, 11) is 0. The Labute approximate surface area is 159 Å². The number of fused-ring (bicyclic) bond motifs is 2. The van der Waals surface area contributed by atoms with Gasteiger partial charge < -0.3 is 19.7 Å². The fraction of sp³-hybridized carbons (Fsp3) is 0.444. The van der Waals surface area contributed by atoms with E-state index in [1.807, 2.05) is 6.92 Å². The first-order chi connectivity index (χ1) is 12.9. The molecule has 2 amide bonds. The van der Waals surface area contributed by atoms with Crippen molar-refractivity contribution in [3.05, 3.63) is 23.8 Å². The van der Waals surface area contributed by atoms with E-state index in [1.165, 1.54) is 6.07 Å². The van der Waals surface area contributed by atoms with Gasteiger partial charge in [-0.3, -0.25) is 14.4 Å². The number of thioether (sulfide) groups is 1. The number of carbonyl (C=O) groups is 4. The summed E-state index contributed by atoms with van der Waals surface area (Å²) < 4.78 is 10.4. The zero-order valence-corrected chi connectivity index (χ0v) is 15.5. The Bertz CT molecular complexity index is 856. The Morgan fingerprint density at radius 2 is 2.22 bits per heavy atom. The number of Topliss-reactive ketones (excluding diaryl/α,β-unsaturated/α-hetero) is 1. The maximum atomic E-state index is 12.4. The van der Waals surface area contributed by atoms with Crippen LogP contribution in [0.25, 0.3) is 0 Å². The van der Waals surface area contributed by atoms with E-state index >= 15 is 0 Å². The van der Waals surface area contributed by atoms with E-state index in [2.05, 4.69) is 5.32 Å². The van der Waals surface area contributed by atoms with E-state index in [1.54, 1.807) is 28.8 Å². The summed E-state index contributed by atoms with van der Waals surface area (Å²) in [4.78, 5) is 49.5. The molecule has 4 rings (SSSR count). The maximum absolute atomic E-state index is 12.4. The molecule has 2 saturated heterocycles. The van der Waals surface area contributed by atoms with Crippen LogP contribution in [0, 0.1) is 0 Å². The number of hydrogen-bond donors (Lipinski definition) is 1. The average molecular weight is 390 g/mol. The van der Waals surface area contributed by atoms with Crippen LogP contribution in [0.1, 0.15) is 30.1 Å². The average Bonchev–Trinajstić information content (AvgIpc) is 3.14. The monoisotopic (exact) mass is 390 g/mol. The molecule has 1 N–H and O–H groups in total. The highest BCUT2D eigenvalue weighted by Crippen LogP contribution is 2.47. The van der Waals surface area contributed by atoms with Crippen molar-refractivity contribution >= 4 is 41.0 Å². The SMILES string of the molecule is C[C@]12CCC(=O)N1[C@H](C(=O)OCC(=O)c1ccc3c(c1)NC(=O)CO3)CS2. The van der Waals surface area contributed by atoms with E-state index in [9.17, 15) is 19.2 Å². The van der Waals surface area contributed by atoms with Crippen LogP contribution in [0.5, 0.6) is 5.75 Å². The van der Waals surface area contributed by atoms with E-state index in [0.29, 0.717) is 35.6 Å². The summed E-state index contributed by atoms with van der Waals surface area (Å²) in [5.74, 6) is -0.358. The van der Waals surface area contributed by atoms with Crippen LogP contribution < -0.4 is 10.1 Å². The van der Waals surface area contributed by atoms with Gasteiger partial charge in [-0.1, -0.05) is 0 Å².